The third kappa shape index (κ3) is 2.57. The van der Waals surface area contributed by atoms with Crippen molar-refractivity contribution in [1.82, 2.24) is 14.8 Å². The molecule has 3 aromatic rings. The molecular weight excluding hydrogens is 295 g/mol. The topological polar surface area (TPSA) is 71.6 Å². The number of halogens is 1. The van der Waals surface area contributed by atoms with E-state index in [1.54, 1.807) is 32.2 Å². The lowest BCUT2D eigenvalue weighted by molar-refractivity contribution is 0.607. The second-order valence-corrected chi connectivity index (χ2v) is 5.30. The molecule has 114 valence electrons. The van der Waals surface area contributed by atoms with E-state index < -0.39 is 11.4 Å². The van der Waals surface area contributed by atoms with Gasteiger partial charge in [0.2, 0.25) is 0 Å². The lowest BCUT2D eigenvalue weighted by Crippen LogP contribution is -2.28. The number of hydrogen-bond donors (Lipinski definition) is 0. The normalized spacial score (nSPS) is 10.7. The summed E-state index contributed by atoms with van der Waals surface area (Å²) in [5, 5.41) is 14.0. The molecule has 0 aliphatic carbocycles. The molecule has 3 rings (SSSR count). The average Bonchev–Trinajstić information content (AvgIpc) is 2.53. The fraction of sp³-hybridized carbons (Fsp3) is 0.176. The Balaban J connectivity index is 2.20. The van der Waals surface area contributed by atoms with Gasteiger partial charge in [0.15, 0.2) is 0 Å². The SMILES string of the molecule is Cc1nn(Cc2cc(F)cc3cccnc23)c(=O)c(C#N)c1C. The number of fused-ring (bicyclic) bond motifs is 1. The van der Waals surface area contributed by atoms with Crippen LogP contribution in [0, 0.1) is 31.0 Å². The van der Waals surface area contributed by atoms with Crippen LogP contribution >= 0.6 is 0 Å². The third-order valence-corrected chi connectivity index (χ3v) is 3.82. The lowest BCUT2D eigenvalue weighted by Gasteiger charge is -2.11. The van der Waals surface area contributed by atoms with Crippen molar-refractivity contribution in [2.45, 2.75) is 20.4 Å². The average molecular weight is 308 g/mol. The smallest absolute Gasteiger partial charge is 0.266 e. The largest absolute Gasteiger partial charge is 0.285 e. The summed E-state index contributed by atoms with van der Waals surface area (Å²) in [5.41, 5.74) is 1.89. The van der Waals surface area contributed by atoms with E-state index in [9.17, 15) is 9.18 Å². The lowest BCUT2D eigenvalue weighted by atomic mass is 10.1. The van der Waals surface area contributed by atoms with Crippen molar-refractivity contribution in [2.75, 3.05) is 0 Å². The Bertz CT molecular complexity index is 1020. The minimum Gasteiger partial charge on any atom is -0.266 e. The Morgan fingerprint density at radius 2 is 2.13 bits per heavy atom. The molecule has 0 aliphatic rings. The molecule has 0 aliphatic heterocycles. The van der Waals surface area contributed by atoms with Gasteiger partial charge in [0.05, 0.1) is 17.8 Å². The maximum absolute atomic E-state index is 13.8. The zero-order valence-corrected chi connectivity index (χ0v) is 12.7. The van der Waals surface area contributed by atoms with E-state index in [2.05, 4.69) is 10.1 Å². The molecule has 0 bridgehead atoms. The number of hydrogen-bond acceptors (Lipinski definition) is 4. The summed E-state index contributed by atoms with van der Waals surface area (Å²) >= 11 is 0. The summed E-state index contributed by atoms with van der Waals surface area (Å²) in [7, 11) is 0. The van der Waals surface area contributed by atoms with Gasteiger partial charge < -0.3 is 0 Å². The molecule has 0 atom stereocenters. The van der Waals surface area contributed by atoms with Gasteiger partial charge in [-0.05, 0) is 37.6 Å². The Kier molecular flexibility index (Phi) is 3.62. The van der Waals surface area contributed by atoms with Gasteiger partial charge in [-0.2, -0.15) is 10.4 Å². The highest BCUT2D eigenvalue weighted by atomic mass is 19.1. The molecule has 0 fully saturated rings. The zero-order valence-electron chi connectivity index (χ0n) is 12.7. The Morgan fingerprint density at radius 1 is 1.35 bits per heavy atom. The van der Waals surface area contributed by atoms with Gasteiger partial charge in [0.1, 0.15) is 17.4 Å². The first-order valence-electron chi connectivity index (χ1n) is 7.03. The number of nitrogens with zero attached hydrogens (tertiary/aromatic N) is 4. The molecular formula is C17H13FN4O. The number of rotatable bonds is 2. The fourth-order valence-electron chi connectivity index (χ4n) is 2.52. The highest BCUT2D eigenvalue weighted by molar-refractivity contribution is 5.81. The number of aromatic nitrogens is 3. The van der Waals surface area contributed by atoms with Crippen molar-refractivity contribution in [3.63, 3.8) is 0 Å². The highest BCUT2D eigenvalue weighted by Crippen LogP contribution is 2.19. The van der Waals surface area contributed by atoms with Gasteiger partial charge in [0, 0.05) is 17.1 Å². The summed E-state index contributed by atoms with van der Waals surface area (Å²) in [5.74, 6) is -0.405. The molecule has 0 amide bonds. The van der Waals surface area contributed by atoms with E-state index in [1.807, 2.05) is 6.07 Å². The van der Waals surface area contributed by atoms with E-state index >= 15 is 0 Å². The standard InChI is InChI=1S/C17H13FN4O/c1-10-11(2)21-22(17(23)15(10)8-19)9-13-7-14(18)6-12-4-3-5-20-16(12)13/h3-7H,9H2,1-2H3. The number of benzene rings is 1. The third-order valence-electron chi connectivity index (χ3n) is 3.82. The van der Waals surface area contributed by atoms with Crippen LogP contribution in [-0.2, 0) is 6.54 Å². The van der Waals surface area contributed by atoms with Crippen LogP contribution in [0.1, 0.15) is 22.4 Å². The molecule has 0 saturated carbocycles. The van der Waals surface area contributed by atoms with E-state index in [0.29, 0.717) is 27.7 Å². The first-order chi connectivity index (χ1) is 11.0. The molecule has 23 heavy (non-hydrogen) atoms. The Morgan fingerprint density at radius 3 is 2.87 bits per heavy atom. The van der Waals surface area contributed by atoms with E-state index in [4.69, 9.17) is 5.26 Å². The summed E-state index contributed by atoms with van der Waals surface area (Å²) < 4.78 is 15.0. The predicted octanol–water partition coefficient (Wildman–Crippen LogP) is 2.47. The van der Waals surface area contributed by atoms with E-state index in [0.717, 1.165) is 0 Å². The molecule has 0 unspecified atom stereocenters. The molecule has 0 radical (unpaired) electrons. The van der Waals surface area contributed by atoms with Crippen LogP contribution in [0.15, 0.2) is 35.3 Å². The first kappa shape index (κ1) is 14.9. The van der Waals surface area contributed by atoms with E-state index in [1.165, 1.54) is 16.8 Å². The summed E-state index contributed by atoms with van der Waals surface area (Å²) in [6.07, 6.45) is 1.61. The van der Waals surface area contributed by atoms with Gasteiger partial charge in [-0.3, -0.25) is 9.78 Å². The minimum absolute atomic E-state index is 0.0555. The summed E-state index contributed by atoms with van der Waals surface area (Å²) in [4.78, 5) is 16.6. The van der Waals surface area contributed by atoms with Gasteiger partial charge >= 0.3 is 0 Å². The van der Waals surface area contributed by atoms with Crippen LogP contribution in [0.3, 0.4) is 0 Å². The van der Waals surface area contributed by atoms with Crippen molar-refractivity contribution < 1.29 is 4.39 Å². The van der Waals surface area contributed by atoms with Crippen molar-refractivity contribution in [3.05, 3.63) is 69.0 Å². The number of pyridine rings is 1. The molecule has 2 aromatic heterocycles. The molecule has 0 spiro atoms. The van der Waals surface area contributed by atoms with Crippen LogP contribution in [0.25, 0.3) is 10.9 Å². The van der Waals surface area contributed by atoms with E-state index in [-0.39, 0.29) is 12.1 Å². The van der Waals surface area contributed by atoms with Crippen LogP contribution in [0.4, 0.5) is 4.39 Å². The van der Waals surface area contributed by atoms with Crippen molar-refractivity contribution in [1.29, 1.82) is 5.26 Å². The molecule has 5 nitrogen and oxygen atoms in total. The summed E-state index contributed by atoms with van der Waals surface area (Å²) in [6.45, 7) is 3.47. The van der Waals surface area contributed by atoms with Crippen LogP contribution in [0.5, 0.6) is 0 Å². The van der Waals surface area contributed by atoms with Crippen molar-refractivity contribution >= 4 is 10.9 Å². The maximum atomic E-state index is 13.8. The first-order valence-corrected chi connectivity index (χ1v) is 7.03. The van der Waals surface area contributed by atoms with Gasteiger partial charge in [-0.25, -0.2) is 9.07 Å². The predicted molar refractivity (Wildman–Crippen MR) is 83.5 cm³/mol. The maximum Gasteiger partial charge on any atom is 0.285 e. The number of aryl methyl sites for hydroxylation is 1. The molecule has 0 saturated heterocycles. The van der Waals surface area contributed by atoms with Crippen molar-refractivity contribution in [3.8, 4) is 6.07 Å². The van der Waals surface area contributed by atoms with Crippen LogP contribution in [0.2, 0.25) is 0 Å². The number of nitriles is 1. The second-order valence-electron chi connectivity index (χ2n) is 5.30. The van der Waals surface area contributed by atoms with Crippen molar-refractivity contribution in [2.24, 2.45) is 0 Å². The van der Waals surface area contributed by atoms with Crippen LogP contribution in [-0.4, -0.2) is 14.8 Å². The zero-order chi connectivity index (χ0) is 16.6. The monoisotopic (exact) mass is 308 g/mol. The van der Waals surface area contributed by atoms with Gasteiger partial charge in [0.25, 0.3) is 5.56 Å². The molecule has 1 aromatic carbocycles. The fourth-order valence-corrected chi connectivity index (χ4v) is 2.52. The van der Waals surface area contributed by atoms with Gasteiger partial charge in [-0.15, -0.1) is 0 Å². The second kappa shape index (κ2) is 5.61. The molecule has 2 heterocycles. The van der Waals surface area contributed by atoms with Crippen LogP contribution < -0.4 is 5.56 Å². The highest BCUT2D eigenvalue weighted by Gasteiger charge is 2.13. The minimum atomic E-state index is -0.482. The quantitative estimate of drug-likeness (QED) is 0.729. The summed E-state index contributed by atoms with van der Waals surface area (Å²) in [6, 6.07) is 8.12. The Hall–Kier alpha value is -3.07. The molecule has 0 N–H and O–H groups in total. The van der Waals surface area contributed by atoms with Gasteiger partial charge in [-0.1, -0.05) is 6.07 Å². The Labute approximate surface area is 131 Å². The molecule has 6 heteroatoms.